The number of pyridine rings is 1. The second kappa shape index (κ2) is 7.99. The Morgan fingerprint density at radius 2 is 1.89 bits per heavy atom. The summed E-state index contributed by atoms with van der Waals surface area (Å²) in [5, 5.41) is 4.23. The molecule has 10 heteroatoms. The zero-order chi connectivity index (χ0) is 20.3. The van der Waals surface area contributed by atoms with Crippen LogP contribution < -0.4 is 4.90 Å². The van der Waals surface area contributed by atoms with E-state index < -0.39 is 16.1 Å². The number of hydrogen-bond donors (Lipinski definition) is 0. The molecule has 28 heavy (non-hydrogen) atoms. The lowest BCUT2D eigenvalue weighted by atomic mass is 10.4. The molecule has 0 saturated heterocycles. The van der Waals surface area contributed by atoms with Crippen LogP contribution in [0.1, 0.15) is 6.92 Å². The number of hydrogen-bond acceptors (Lipinski definition) is 5. The van der Waals surface area contributed by atoms with E-state index in [9.17, 15) is 13.2 Å². The van der Waals surface area contributed by atoms with Gasteiger partial charge in [0.25, 0.3) is 10.0 Å². The Morgan fingerprint density at radius 1 is 1.18 bits per heavy atom. The number of anilines is 1. The molecule has 2 heterocycles. The van der Waals surface area contributed by atoms with Crippen molar-refractivity contribution >= 4 is 33.3 Å². The maximum Gasteiger partial charge on any atom is 0.338 e. The molecule has 0 N–H and O–H groups in total. The van der Waals surface area contributed by atoms with Crippen LogP contribution >= 0.6 is 11.6 Å². The number of aromatic nitrogens is 3. The molecule has 2 aromatic heterocycles. The van der Waals surface area contributed by atoms with Gasteiger partial charge in [-0.05, 0) is 31.2 Å². The van der Waals surface area contributed by atoms with Gasteiger partial charge in [-0.1, -0.05) is 29.8 Å². The molecule has 0 unspecified atom stereocenters. The van der Waals surface area contributed by atoms with E-state index in [0.717, 1.165) is 9.21 Å². The van der Waals surface area contributed by atoms with Crippen molar-refractivity contribution in [2.75, 3.05) is 18.5 Å². The minimum atomic E-state index is -4.00. The molecule has 0 aliphatic rings. The average molecular weight is 420 g/mol. The van der Waals surface area contributed by atoms with E-state index in [2.05, 4.69) is 10.1 Å². The van der Waals surface area contributed by atoms with Gasteiger partial charge in [0.05, 0.1) is 23.0 Å². The van der Waals surface area contributed by atoms with Gasteiger partial charge in [-0.2, -0.15) is 5.10 Å². The predicted octanol–water partition coefficient (Wildman–Crippen LogP) is 3.19. The van der Waals surface area contributed by atoms with Gasteiger partial charge in [-0.3, -0.25) is 9.88 Å². The Balaban J connectivity index is 1.92. The fourth-order valence-corrected chi connectivity index (χ4v) is 4.27. The average Bonchev–Trinajstić information content (AvgIpc) is 3.10. The number of carbonyl (C=O) groups excluding carboxylic acids is 1. The summed E-state index contributed by atoms with van der Waals surface area (Å²) in [6.07, 6.45) is 4.76. The highest BCUT2D eigenvalue weighted by Crippen LogP contribution is 2.27. The van der Waals surface area contributed by atoms with Crippen LogP contribution in [-0.4, -0.2) is 47.1 Å². The second-order valence-corrected chi connectivity index (χ2v) is 8.01. The molecular weight excluding hydrogens is 402 g/mol. The molecule has 0 atom stereocenters. The summed E-state index contributed by atoms with van der Waals surface area (Å²) in [7, 11) is -2.55. The summed E-state index contributed by atoms with van der Waals surface area (Å²) >= 11 is 6.20. The van der Waals surface area contributed by atoms with E-state index in [4.69, 9.17) is 11.6 Å². The van der Waals surface area contributed by atoms with Crippen LogP contribution in [0.5, 0.6) is 0 Å². The normalized spacial score (nSPS) is 11.2. The van der Waals surface area contributed by atoms with Crippen molar-refractivity contribution in [1.82, 2.24) is 19.1 Å². The summed E-state index contributed by atoms with van der Waals surface area (Å²) < 4.78 is 28.0. The molecular formula is C18H18ClN5O3S. The lowest BCUT2D eigenvalue weighted by Crippen LogP contribution is -2.44. The molecule has 0 aliphatic heterocycles. The molecule has 0 fully saturated rings. The van der Waals surface area contributed by atoms with Crippen molar-refractivity contribution in [3.05, 3.63) is 66.2 Å². The standard InChI is InChI=1S/C18H18ClN5O3S/c1-3-24(28(26,27)15-9-5-4-6-10-15)18(25)22(2)16-13-23(21-17(16)19)14-8-7-11-20-12-14/h4-13H,3H2,1-2H3. The first-order valence-corrected chi connectivity index (χ1v) is 10.2. The molecule has 0 aliphatic carbocycles. The lowest BCUT2D eigenvalue weighted by molar-refractivity contribution is 0.231. The highest BCUT2D eigenvalue weighted by Gasteiger charge is 2.31. The first-order valence-electron chi connectivity index (χ1n) is 8.37. The monoisotopic (exact) mass is 419 g/mol. The quantitative estimate of drug-likeness (QED) is 0.633. The summed E-state index contributed by atoms with van der Waals surface area (Å²) in [5.74, 6) is 0. The molecule has 0 saturated carbocycles. The van der Waals surface area contributed by atoms with E-state index in [1.807, 2.05) is 0 Å². The minimum Gasteiger partial charge on any atom is -0.292 e. The van der Waals surface area contributed by atoms with Crippen LogP contribution in [0.3, 0.4) is 0 Å². The predicted molar refractivity (Wildman–Crippen MR) is 106 cm³/mol. The molecule has 1 aromatic carbocycles. The molecule has 0 bridgehead atoms. The van der Waals surface area contributed by atoms with Crippen molar-refractivity contribution in [1.29, 1.82) is 0 Å². The van der Waals surface area contributed by atoms with E-state index in [1.54, 1.807) is 55.8 Å². The van der Waals surface area contributed by atoms with Crippen molar-refractivity contribution in [2.45, 2.75) is 11.8 Å². The summed E-state index contributed by atoms with van der Waals surface area (Å²) in [4.78, 5) is 18.2. The van der Waals surface area contributed by atoms with Gasteiger partial charge in [-0.15, -0.1) is 0 Å². The number of halogens is 1. The number of sulfonamides is 1. The van der Waals surface area contributed by atoms with Crippen molar-refractivity contribution in [3.8, 4) is 5.69 Å². The third kappa shape index (κ3) is 3.71. The van der Waals surface area contributed by atoms with Crippen LogP contribution in [0.25, 0.3) is 5.69 Å². The van der Waals surface area contributed by atoms with Gasteiger partial charge < -0.3 is 0 Å². The zero-order valence-electron chi connectivity index (χ0n) is 15.2. The molecule has 146 valence electrons. The Bertz CT molecular complexity index is 1070. The molecule has 3 aromatic rings. The van der Waals surface area contributed by atoms with Gasteiger partial charge in [0, 0.05) is 19.8 Å². The number of nitrogens with zero attached hydrogens (tertiary/aromatic N) is 5. The molecule has 2 amide bonds. The second-order valence-electron chi connectivity index (χ2n) is 5.79. The van der Waals surface area contributed by atoms with E-state index in [0.29, 0.717) is 5.69 Å². The number of rotatable bonds is 5. The first-order chi connectivity index (χ1) is 13.4. The van der Waals surface area contributed by atoms with Crippen molar-refractivity contribution in [2.24, 2.45) is 0 Å². The summed E-state index contributed by atoms with van der Waals surface area (Å²) in [6, 6.07) is 10.6. The van der Waals surface area contributed by atoms with E-state index in [-0.39, 0.29) is 22.3 Å². The highest BCUT2D eigenvalue weighted by atomic mass is 35.5. The van der Waals surface area contributed by atoms with Crippen molar-refractivity contribution < 1.29 is 13.2 Å². The smallest absolute Gasteiger partial charge is 0.292 e. The number of benzene rings is 1. The van der Waals surface area contributed by atoms with E-state index in [1.165, 1.54) is 23.9 Å². The largest absolute Gasteiger partial charge is 0.338 e. The molecule has 3 rings (SSSR count). The van der Waals surface area contributed by atoms with Gasteiger partial charge in [0.2, 0.25) is 0 Å². The van der Waals surface area contributed by atoms with Gasteiger partial charge in [-0.25, -0.2) is 22.2 Å². The molecule has 0 radical (unpaired) electrons. The van der Waals surface area contributed by atoms with Crippen molar-refractivity contribution in [3.63, 3.8) is 0 Å². The Morgan fingerprint density at radius 3 is 2.50 bits per heavy atom. The Labute approximate surface area is 168 Å². The lowest BCUT2D eigenvalue weighted by Gasteiger charge is -2.26. The first kappa shape index (κ1) is 19.8. The Hall–Kier alpha value is -2.91. The number of amides is 2. The molecule has 0 spiro atoms. The third-order valence-corrected chi connectivity index (χ3v) is 6.17. The third-order valence-electron chi connectivity index (χ3n) is 4.04. The fourth-order valence-electron chi connectivity index (χ4n) is 2.59. The maximum atomic E-state index is 13.0. The SMILES string of the molecule is CCN(C(=O)N(C)c1cn(-c2cccnc2)nc1Cl)S(=O)(=O)c1ccccc1. The zero-order valence-corrected chi connectivity index (χ0v) is 16.8. The minimum absolute atomic E-state index is 0.0330. The molecule has 8 nitrogen and oxygen atoms in total. The fraction of sp³-hybridized carbons (Fsp3) is 0.167. The number of carbonyl (C=O) groups is 1. The van der Waals surface area contributed by atoms with Gasteiger partial charge >= 0.3 is 6.03 Å². The topological polar surface area (TPSA) is 88.4 Å². The maximum absolute atomic E-state index is 13.0. The van der Waals surface area contributed by atoms with Crippen LogP contribution in [0.2, 0.25) is 5.15 Å². The van der Waals surface area contributed by atoms with Gasteiger partial charge in [0.1, 0.15) is 5.69 Å². The van der Waals surface area contributed by atoms with Crippen LogP contribution in [-0.2, 0) is 10.0 Å². The van der Waals surface area contributed by atoms with Gasteiger partial charge in [0.15, 0.2) is 5.15 Å². The Kier molecular flexibility index (Phi) is 5.66. The highest BCUT2D eigenvalue weighted by molar-refractivity contribution is 7.89. The van der Waals surface area contributed by atoms with Crippen LogP contribution in [0, 0.1) is 0 Å². The van der Waals surface area contributed by atoms with E-state index >= 15 is 0 Å². The summed E-state index contributed by atoms with van der Waals surface area (Å²) in [5.41, 5.74) is 0.929. The summed E-state index contributed by atoms with van der Waals surface area (Å²) in [6.45, 7) is 1.56. The van der Waals surface area contributed by atoms with Crippen LogP contribution in [0.4, 0.5) is 10.5 Å². The number of urea groups is 1. The van der Waals surface area contributed by atoms with Crippen LogP contribution in [0.15, 0.2) is 66.0 Å².